The summed E-state index contributed by atoms with van der Waals surface area (Å²) < 4.78 is 0. The quantitative estimate of drug-likeness (QED) is 0.603. The molecule has 0 spiro atoms. The van der Waals surface area contributed by atoms with Gasteiger partial charge in [-0.15, -0.1) is 0 Å². The summed E-state index contributed by atoms with van der Waals surface area (Å²) in [5.74, 6) is 1.94. The maximum atomic E-state index is 10.8. The van der Waals surface area contributed by atoms with Crippen molar-refractivity contribution in [2.24, 2.45) is 11.8 Å². The van der Waals surface area contributed by atoms with E-state index in [0.29, 0.717) is 23.3 Å². The van der Waals surface area contributed by atoms with Crippen LogP contribution in [0.3, 0.4) is 0 Å². The predicted octanol–water partition coefficient (Wildman–Crippen LogP) is 6.10. The van der Waals surface area contributed by atoms with Gasteiger partial charge in [0.05, 0.1) is 0 Å². The van der Waals surface area contributed by atoms with Crippen LogP contribution in [-0.2, 0) is 0 Å². The van der Waals surface area contributed by atoms with Gasteiger partial charge < -0.3 is 15.5 Å². The summed E-state index contributed by atoms with van der Waals surface area (Å²) in [6.45, 7) is 0. The first kappa shape index (κ1) is 17.4. The molecular formula is C24H31NO2. The van der Waals surface area contributed by atoms with Crippen molar-refractivity contribution >= 4 is 10.8 Å². The second-order valence-electron chi connectivity index (χ2n) is 9.01. The number of aromatic hydroxyl groups is 2. The lowest BCUT2D eigenvalue weighted by atomic mass is 9.72. The van der Waals surface area contributed by atoms with E-state index in [1.54, 1.807) is 0 Å². The van der Waals surface area contributed by atoms with Crippen molar-refractivity contribution in [3.8, 4) is 11.5 Å². The summed E-state index contributed by atoms with van der Waals surface area (Å²) >= 11 is 0. The molecule has 144 valence electrons. The lowest BCUT2D eigenvalue weighted by Crippen LogP contribution is -2.40. The number of phenols is 2. The first-order valence-electron chi connectivity index (χ1n) is 11.0. The molecule has 1 aliphatic heterocycles. The van der Waals surface area contributed by atoms with Crippen LogP contribution in [0.25, 0.3) is 10.8 Å². The number of nitrogens with one attached hydrogen (secondary N) is 1. The first-order valence-corrected chi connectivity index (χ1v) is 11.0. The first-order chi connectivity index (χ1) is 13.2. The Morgan fingerprint density at radius 2 is 1.07 bits per heavy atom. The number of phenolic OH excluding ortho intramolecular Hbond substituents is 2. The monoisotopic (exact) mass is 365 g/mol. The Kier molecular flexibility index (Phi) is 4.51. The number of hydrogen-bond acceptors (Lipinski definition) is 3. The average Bonchev–Trinajstić information content (AvgIpc) is 2.73. The number of hydrogen-bond donors (Lipinski definition) is 3. The highest BCUT2D eigenvalue weighted by atomic mass is 16.3. The van der Waals surface area contributed by atoms with E-state index in [2.05, 4.69) is 5.32 Å². The summed E-state index contributed by atoms with van der Waals surface area (Å²) in [5.41, 5.74) is 2.08. The molecular weight excluding hydrogens is 334 g/mol. The van der Waals surface area contributed by atoms with Crippen molar-refractivity contribution in [2.75, 3.05) is 0 Å². The van der Waals surface area contributed by atoms with Crippen LogP contribution in [0.1, 0.15) is 87.4 Å². The van der Waals surface area contributed by atoms with Crippen molar-refractivity contribution < 1.29 is 10.2 Å². The third-order valence-electron chi connectivity index (χ3n) is 7.44. The summed E-state index contributed by atoms with van der Waals surface area (Å²) in [6, 6.07) is 8.12. The highest BCUT2D eigenvalue weighted by molar-refractivity contribution is 5.94. The maximum absolute atomic E-state index is 10.8. The van der Waals surface area contributed by atoms with Gasteiger partial charge in [-0.1, -0.05) is 50.7 Å². The Labute approximate surface area is 161 Å². The fraction of sp³-hybridized carbons (Fsp3) is 0.583. The standard InChI is InChI=1S/C24H31NO2/c26-18-13-11-15-12-14-19(27)22-20(15)21(18)23(16-7-3-1-4-8-16)25-24(22)17-9-5-2-6-10-17/h11-14,16-17,23-27H,1-10H2/t23-,24-/m0/s1. The summed E-state index contributed by atoms with van der Waals surface area (Å²) in [4.78, 5) is 0. The predicted molar refractivity (Wildman–Crippen MR) is 109 cm³/mol. The Balaban J connectivity index is 1.69. The summed E-state index contributed by atoms with van der Waals surface area (Å²) in [6.07, 6.45) is 12.8. The molecule has 0 aromatic heterocycles. The van der Waals surface area contributed by atoms with Crippen molar-refractivity contribution in [1.82, 2.24) is 5.32 Å². The lowest BCUT2D eigenvalue weighted by Gasteiger charge is -2.43. The van der Waals surface area contributed by atoms with E-state index < -0.39 is 0 Å². The SMILES string of the molecule is Oc1ccc2ccc(O)c3c2c1[C@H](C1CCCCC1)N[C@H]3C1CCCCC1. The molecule has 0 radical (unpaired) electrons. The molecule has 2 atom stereocenters. The van der Waals surface area contributed by atoms with E-state index in [-0.39, 0.29) is 12.1 Å². The third-order valence-corrected chi connectivity index (χ3v) is 7.44. The topological polar surface area (TPSA) is 52.5 Å². The molecule has 2 aromatic rings. The van der Waals surface area contributed by atoms with Crippen LogP contribution >= 0.6 is 0 Å². The van der Waals surface area contributed by atoms with Crippen LogP contribution < -0.4 is 5.32 Å². The van der Waals surface area contributed by atoms with Gasteiger partial charge in [0.1, 0.15) is 11.5 Å². The zero-order valence-corrected chi connectivity index (χ0v) is 16.1. The van der Waals surface area contributed by atoms with E-state index in [1.807, 2.05) is 24.3 Å². The molecule has 2 saturated carbocycles. The molecule has 3 heteroatoms. The second kappa shape index (κ2) is 7.01. The molecule has 5 rings (SSSR count). The van der Waals surface area contributed by atoms with Crippen LogP contribution in [0.2, 0.25) is 0 Å². The van der Waals surface area contributed by atoms with Crippen LogP contribution in [0.5, 0.6) is 11.5 Å². The molecule has 0 bridgehead atoms. The van der Waals surface area contributed by atoms with Gasteiger partial charge in [0.2, 0.25) is 0 Å². The molecule has 2 aliphatic carbocycles. The molecule has 0 unspecified atom stereocenters. The van der Waals surface area contributed by atoms with Gasteiger partial charge in [0.25, 0.3) is 0 Å². The second-order valence-corrected chi connectivity index (χ2v) is 9.01. The Bertz CT molecular complexity index is 769. The molecule has 3 nitrogen and oxygen atoms in total. The van der Waals surface area contributed by atoms with Gasteiger partial charge in [-0.25, -0.2) is 0 Å². The molecule has 2 fully saturated rings. The molecule has 1 heterocycles. The van der Waals surface area contributed by atoms with E-state index in [1.165, 1.54) is 64.2 Å². The minimum Gasteiger partial charge on any atom is -0.508 e. The van der Waals surface area contributed by atoms with Crippen LogP contribution in [0.4, 0.5) is 0 Å². The fourth-order valence-electron chi connectivity index (χ4n) is 6.12. The number of rotatable bonds is 2. The van der Waals surface area contributed by atoms with E-state index in [9.17, 15) is 10.2 Å². The smallest absolute Gasteiger partial charge is 0.121 e. The number of benzene rings is 2. The molecule has 3 N–H and O–H groups in total. The zero-order valence-electron chi connectivity index (χ0n) is 16.1. The average molecular weight is 366 g/mol. The van der Waals surface area contributed by atoms with Crippen molar-refractivity contribution in [3.05, 3.63) is 35.4 Å². The lowest BCUT2D eigenvalue weighted by molar-refractivity contribution is 0.194. The molecule has 3 aliphatic rings. The largest absolute Gasteiger partial charge is 0.508 e. The highest BCUT2D eigenvalue weighted by Gasteiger charge is 2.39. The summed E-state index contributed by atoms with van der Waals surface area (Å²) in [7, 11) is 0. The van der Waals surface area contributed by atoms with Crippen LogP contribution in [0.15, 0.2) is 24.3 Å². The Morgan fingerprint density at radius 1 is 0.630 bits per heavy atom. The van der Waals surface area contributed by atoms with Gasteiger partial charge in [0.15, 0.2) is 0 Å². The molecule has 0 saturated heterocycles. The van der Waals surface area contributed by atoms with Gasteiger partial charge in [-0.3, -0.25) is 0 Å². The maximum Gasteiger partial charge on any atom is 0.121 e. The van der Waals surface area contributed by atoms with Gasteiger partial charge in [0, 0.05) is 23.2 Å². The highest BCUT2D eigenvalue weighted by Crippen LogP contribution is 2.52. The zero-order chi connectivity index (χ0) is 18.4. The van der Waals surface area contributed by atoms with Crippen LogP contribution in [0, 0.1) is 11.8 Å². The third kappa shape index (κ3) is 2.91. The van der Waals surface area contributed by atoms with Gasteiger partial charge in [-0.2, -0.15) is 0 Å². The van der Waals surface area contributed by atoms with Crippen molar-refractivity contribution in [3.63, 3.8) is 0 Å². The molecule has 0 amide bonds. The minimum absolute atomic E-state index is 0.204. The molecule has 27 heavy (non-hydrogen) atoms. The Hall–Kier alpha value is -1.74. The van der Waals surface area contributed by atoms with Gasteiger partial charge >= 0.3 is 0 Å². The van der Waals surface area contributed by atoms with E-state index in [4.69, 9.17) is 0 Å². The normalized spacial score (nSPS) is 27.1. The van der Waals surface area contributed by atoms with E-state index >= 15 is 0 Å². The fourth-order valence-corrected chi connectivity index (χ4v) is 6.12. The van der Waals surface area contributed by atoms with Crippen molar-refractivity contribution in [1.29, 1.82) is 0 Å². The van der Waals surface area contributed by atoms with Crippen LogP contribution in [-0.4, -0.2) is 10.2 Å². The van der Waals surface area contributed by atoms with Gasteiger partial charge in [-0.05, 0) is 60.4 Å². The Morgan fingerprint density at radius 3 is 1.52 bits per heavy atom. The summed E-state index contributed by atoms with van der Waals surface area (Å²) in [5, 5.41) is 27.9. The minimum atomic E-state index is 0.204. The molecule has 2 aromatic carbocycles. The van der Waals surface area contributed by atoms with E-state index in [0.717, 1.165) is 21.9 Å². The van der Waals surface area contributed by atoms with Crippen molar-refractivity contribution in [2.45, 2.75) is 76.3 Å².